The minimum absolute atomic E-state index is 0.112. The Labute approximate surface area is 189 Å². The first kappa shape index (κ1) is 20.6. The molecule has 0 fully saturated rings. The lowest BCUT2D eigenvalue weighted by atomic mass is 10.2. The van der Waals surface area contributed by atoms with Crippen LogP contribution in [0.3, 0.4) is 0 Å². The summed E-state index contributed by atoms with van der Waals surface area (Å²) < 4.78 is 2.57. The highest BCUT2D eigenvalue weighted by Crippen LogP contribution is 2.32. The molecule has 10 heteroatoms. The van der Waals surface area contributed by atoms with Crippen molar-refractivity contribution in [3.63, 3.8) is 0 Å². The monoisotopic (exact) mass is 501 g/mol. The molecular formula is C20H16BrN5O2S2. The predicted octanol–water partition coefficient (Wildman–Crippen LogP) is 4.80. The Morgan fingerprint density at radius 1 is 1.23 bits per heavy atom. The fourth-order valence-corrected chi connectivity index (χ4v) is 4.53. The Morgan fingerprint density at radius 2 is 2.03 bits per heavy atom. The van der Waals surface area contributed by atoms with Crippen LogP contribution in [0.1, 0.15) is 0 Å². The van der Waals surface area contributed by atoms with Gasteiger partial charge in [0, 0.05) is 22.5 Å². The number of nitrogens with zero attached hydrogens (tertiary/aromatic N) is 4. The van der Waals surface area contributed by atoms with Gasteiger partial charge in [0.05, 0.1) is 17.0 Å². The van der Waals surface area contributed by atoms with Crippen molar-refractivity contribution in [1.29, 1.82) is 0 Å². The quantitative estimate of drug-likeness (QED) is 0.368. The third-order valence-electron chi connectivity index (χ3n) is 4.19. The summed E-state index contributed by atoms with van der Waals surface area (Å²) in [6, 6.07) is 14.9. The number of rotatable bonds is 6. The minimum atomic E-state index is -0.177. The standard InChI is InChI=1S/C20H16BrN5O2S2/c1-26-18(14-9-13(21)7-8-16(14)27)24-25-20(26)30-11-17(28)23-19-22-15(10-29-19)12-5-3-2-4-6-12/h2-10,27H,11H2,1H3,(H,22,23,28). The van der Waals surface area contributed by atoms with Crippen LogP contribution < -0.4 is 5.32 Å². The predicted molar refractivity (Wildman–Crippen MR) is 123 cm³/mol. The van der Waals surface area contributed by atoms with E-state index in [0.29, 0.717) is 21.7 Å². The molecule has 0 spiro atoms. The first-order valence-corrected chi connectivity index (χ1v) is 11.5. The van der Waals surface area contributed by atoms with Gasteiger partial charge in [-0.1, -0.05) is 58.0 Å². The number of halogens is 1. The summed E-state index contributed by atoms with van der Waals surface area (Å²) in [5.74, 6) is 0.616. The third-order valence-corrected chi connectivity index (χ3v) is 6.46. The molecule has 4 aromatic rings. The molecule has 0 aliphatic rings. The van der Waals surface area contributed by atoms with Crippen molar-refractivity contribution in [2.45, 2.75) is 5.16 Å². The van der Waals surface area contributed by atoms with Crippen molar-refractivity contribution < 1.29 is 9.90 Å². The average molecular weight is 502 g/mol. The van der Waals surface area contributed by atoms with Crippen LogP contribution in [0.25, 0.3) is 22.6 Å². The van der Waals surface area contributed by atoms with Gasteiger partial charge < -0.3 is 15.0 Å². The Hall–Kier alpha value is -2.69. The summed E-state index contributed by atoms with van der Waals surface area (Å²) in [5, 5.41) is 24.3. The molecule has 2 heterocycles. The van der Waals surface area contributed by atoms with Crippen LogP contribution in [0.5, 0.6) is 5.75 Å². The third kappa shape index (κ3) is 4.55. The molecule has 2 aromatic heterocycles. The fraction of sp³-hybridized carbons (Fsp3) is 0.100. The molecule has 2 aromatic carbocycles. The summed E-state index contributed by atoms with van der Waals surface area (Å²) in [7, 11) is 1.79. The number of aromatic hydroxyl groups is 1. The Balaban J connectivity index is 1.40. The molecule has 1 amide bonds. The highest BCUT2D eigenvalue weighted by Gasteiger charge is 2.16. The van der Waals surface area contributed by atoms with Gasteiger partial charge in [0.15, 0.2) is 16.1 Å². The van der Waals surface area contributed by atoms with E-state index in [1.165, 1.54) is 23.1 Å². The lowest BCUT2D eigenvalue weighted by Gasteiger charge is -2.06. The molecule has 0 bridgehead atoms. The molecule has 0 saturated carbocycles. The van der Waals surface area contributed by atoms with E-state index in [9.17, 15) is 9.90 Å². The first-order chi connectivity index (χ1) is 14.5. The number of thiazole rings is 1. The van der Waals surface area contributed by atoms with Crippen LogP contribution in [0.4, 0.5) is 5.13 Å². The number of anilines is 1. The molecule has 30 heavy (non-hydrogen) atoms. The molecule has 152 valence electrons. The zero-order valence-electron chi connectivity index (χ0n) is 15.7. The van der Waals surface area contributed by atoms with Gasteiger partial charge >= 0.3 is 0 Å². The van der Waals surface area contributed by atoms with Gasteiger partial charge in [-0.15, -0.1) is 21.5 Å². The normalized spacial score (nSPS) is 10.9. The lowest BCUT2D eigenvalue weighted by molar-refractivity contribution is -0.113. The summed E-state index contributed by atoms with van der Waals surface area (Å²) in [5.41, 5.74) is 2.40. The van der Waals surface area contributed by atoms with Crippen molar-refractivity contribution in [3.8, 4) is 28.4 Å². The molecule has 4 rings (SSSR count). The molecule has 7 nitrogen and oxygen atoms in total. The topological polar surface area (TPSA) is 92.9 Å². The number of carbonyl (C=O) groups is 1. The summed E-state index contributed by atoms with van der Waals surface area (Å²) >= 11 is 6.04. The number of phenols is 1. The second-order valence-corrected chi connectivity index (χ2v) is 8.98. The highest BCUT2D eigenvalue weighted by molar-refractivity contribution is 9.10. The number of amides is 1. The number of hydrogen-bond donors (Lipinski definition) is 2. The maximum absolute atomic E-state index is 12.3. The van der Waals surface area contributed by atoms with E-state index in [4.69, 9.17) is 0 Å². The van der Waals surface area contributed by atoms with Gasteiger partial charge in [0.2, 0.25) is 5.91 Å². The Kier molecular flexibility index (Phi) is 6.16. The van der Waals surface area contributed by atoms with Gasteiger partial charge in [-0.25, -0.2) is 4.98 Å². The fourth-order valence-electron chi connectivity index (χ4n) is 2.72. The van der Waals surface area contributed by atoms with Crippen LogP contribution in [0.2, 0.25) is 0 Å². The van der Waals surface area contributed by atoms with Gasteiger partial charge in [0.25, 0.3) is 0 Å². The Bertz CT molecular complexity index is 1190. The average Bonchev–Trinajstić information content (AvgIpc) is 3.36. The first-order valence-electron chi connectivity index (χ1n) is 8.83. The molecule has 0 saturated heterocycles. The van der Waals surface area contributed by atoms with Gasteiger partial charge in [-0.2, -0.15) is 0 Å². The van der Waals surface area contributed by atoms with Crippen molar-refractivity contribution in [2.75, 3.05) is 11.1 Å². The summed E-state index contributed by atoms with van der Waals surface area (Å²) in [6.45, 7) is 0. The number of benzene rings is 2. The van der Waals surface area contributed by atoms with Gasteiger partial charge in [0.1, 0.15) is 5.75 Å². The molecule has 0 aliphatic carbocycles. The van der Waals surface area contributed by atoms with Crippen LogP contribution in [0, 0.1) is 0 Å². The van der Waals surface area contributed by atoms with E-state index in [2.05, 4.69) is 36.4 Å². The van der Waals surface area contributed by atoms with E-state index in [-0.39, 0.29) is 17.4 Å². The second kappa shape index (κ2) is 8.99. The lowest BCUT2D eigenvalue weighted by Crippen LogP contribution is -2.14. The maximum atomic E-state index is 12.3. The highest BCUT2D eigenvalue weighted by atomic mass is 79.9. The van der Waals surface area contributed by atoms with Crippen molar-refractivity contribution >= 4 is 50.1 Å². The van der Waals surface area contributed by atoms with Gasteiger partial charge in [-0.05, 0) is 18.2 Å². The van der Waals surface area contributed by atoms with Crippen LogP contribution in [-0.2, 0) is 11.8 Å². The zero-order valence-corrected chi connectivity index (χ0v) is 19.0. The maximum Gasteiger partial charge on any atom is 0.236 e. The SMILES string of the molecule is Cn1c(SCC(=O)Nc2nc(-c3ccccc3)cs2)nnc1-c1cc(Br)ccc1O. The number of phenolic OH excluding ortho intramolecular Hbond substituents is 1. The zero-order chi connectivity index (χ0) is 21.1. The molecular weight excluding hydrogens is 486 g/mol. The molecule has 2 N–H and O–H groups in total. The van der Waals surface area contributed by atoms with Crippen LogP contribution in [-0.4, -0.2) is 36.5 Å². The molecule has 0 aliphatic heterocycles. The van der Waals surface area contributed by atoms with E-state index in [1.54, 1.807) is 29.8 Å². The molecule has 0 atom stereocenters. The minimum Gasteiger partial charge on any atom is -0.507 e. The van der Waals surface area contributed by atoms with E-state index < -0.39 is 0 Å². The summed E-state index contributed by atoms with van der Waals surface area (Å²) in [4.78, 5) is 16.8. The van der Waals surface area contributed by atoms with Crippen LogP contribution >= 0.6 is 39.0 Å². The van der Waals surface area contributed by atoms with Crippen molar-refractivity contribution in [1.82, 2.24) is 19.7 Å². The van der Waals surface area contributed by atoms with E-state index in [0.717, 1.165) is 15.7 Å². The molecule has 0 unspecified atom stereocenters. The smallest absolute Gasteiger partial charge is 0.236 e. The van der Waals surface area contributed by atoms with Crippen molar-refractivity contribution in [2.24, 2.45) is 7.05 Å². The number of hydrogen-bond acceptors (Lipinski definition) is 7. The summed E-state index contributed by atoms with van der Waals surface area (Å²) in [6.07, 6.45) is 0. The van der Waals surface area contributed by atoms with E-state index in [1.807, 2.05) is 35.7 Å². The number of carbonyl (C=O) groups excluding carboxylic acids is 1. The Morgan fingerprint density at radius 3 is 2.83 bits per heavy atom. The van der Waals surface area contributed by atoms with Crippen LogP contribution in [0.15, 0.2) is 63.5 Å². The van der Waals surface area contributed by atoms with Crippen molar-refractivity contribution in [3.05, 3.63) is 58.4 Å². The molecule has 0 radical (unpaired) electrons. The number of aromatic nitrogens is 4. The van der Waals surface area contributed by atoms with Gasteiger partial charge in [-0.3, -0.25) is 4.79 Å². The number of thioether (sulfide) groups is 1. The number of nitrogens with one attached hydrogen (secondary N) is 1. The van der Waals surface area contributed by atoms with E-state index >= 15 is 0 Å². The second-order valence-electron chi connectivity index (χ2n) is 6.27. The largest absolute Gasteiger partial charge is 0.507 e.